The normalized spacial score (nSPS) is 18.0. The highest BCUT2D eigenvalue weighted by Crippen LogP contribution is 2.25. The number of nitrogens with one attached hydrogen (secondary N) is 1. The summed E-state index contributed by atoms with van der Waals surface area (Å²) in [5, 5.41) is 4.41. The van der Waals surface area contributed by atoms with E-state index in [0.29, 0.717) is 6.04 Å². The van der Waals surface area contributed by atoms with Crippen molar-refractivity contribution in [3.05, 3.63) is 34.3 Å². The van der Waals surface area contributed by atoms with Gasteiger partial charge in [-0.3, -0.25) is 0 Å². The van der Waals surface area contributed by atoms with Crippen LogP contribution in [-0.4, -0.2) is 25.8 Å². The molecule has 0 amide bonds. The summed E-state index contributed by atoms with van der Waals surface area (Å²) < 4.78 is 5.62. The van der Waals surface area contributed by atoms with Crippen molar-refractivity contribution < 1.29 is 4.74 Å². The van der Waals surface area contributed by atoms with Crippen molar-refractivity contribution in [2.75, 3.05) is 19.8 Å². The van der Waals surface area contributed by atoms with Crippen molar-refractivity contribution in [3.63, 3.8) is 0 Å². The highest BCUT2D eigenvalue weighted by Gasteiger charge is 2.20. The molecule has 2 rings (SSSR count). The molecule has 1 atom stereocenters. The molecule has 0 fully saturated rings. The first-order valence-corrected chi connectivity index (χ1v) is 7.61. The largest absolute Gasteiger partial charge is 0.380 e. The molecule has 0 bridgehead atoms. The highest BCUT2D eigenvalue weighted by molar-refractivity contribution is 6.30. The molecule has 3 heteroatoms. The predicted octanol–water partition coefficient (Wildman–Crippen LogP) is 3.46. The lowest BCUT2D eigenvalue weighted by Gasteiger charge is -2.12. The predicted molar refractivity (Wildman–Crippen MR) is 80.9 cm³/mol. The number of rotatable bonds is 7. The number of hydrogen-bond acceptors (Lipinski definition) is 2. The van der Waals surface area contributed by atoms with Crippen LogP contribution < -0.4 is 5.32 Å². The van der Waals surface area contributed by atoms with Gasteiger partial charge >= 0.3 is 0 Å². The minimum Gasteiger partial charge on any atom is -0.380 e. The molecule has 0 aromatic heterocycles. The fourth-order valence-corrected chi connectivity index (χ4v) is 2.68. The summed E-state index contributed by atoms with van der Waals surface area (Å²) in [5.74, 6) is 0.724. The van der Waals surface area contributed by atoms with Crippen LogP contribution in [0.3, 0.4) is 0 Å². The lowest BCUT2D eigenvalue weighted by atomic mass is 10.1. The Hall–Kier alpha value is -0.570. The zero-order valence-corrected chi connectivity index (χ0v) is 12.7. The third-order valence-corrected chi connectivity index (χ3v) is 3.85. The van der Waals surface area contributed by atoms with E-state index in [4.69, 9.17) is 16.3 Å². The molecule has 2 nitrogen and oxygen atoms in total. The number of hydrogen-bond donors (Lipinski definition) is 1. The Morgan fingerprint density at radius 2 is 2.05 bits per heavy atom. The van der Waals surface area contributed by atoms with Crippen molar-refractivity contribution >= 4 is 11.6 Å². The number of halogens is 1. The molecule has 0 aliphatic heterocycles. The molecule has 1 aliphatic carbocycles. The SMILES string of the molecule is CC(C)CCOCCNC1Cc2ccc(Cl)cc2C1. The second kappa shape index (κ2) is 7.28. The lowest BCUT2D eigenvalue weighted by Crippen LogP contribution is -2.32. The average Bonchev–Trinajstić information content (AvgIpc) is 2.75. The second-order valence-electron chi connectivity index (χ2n) is 5.77. The molecule has 19 heavy (non-hydrogen) atoms. The van der Waals surface area contributed by atoms with Gasteiger partial charge in [-0.05, 0) is 48.4 Å². The molecule has 1 aromatic rings. The molecular weight excluding hydrogens is 258 g/mol. The van der Waals surface area contributed by atoms with Crippen LogP contribution in [-0.2, 0) is 17.6 Å². The van der Waals surface area contributed by atoms with Crippen molar-refractivity contribution in [2.45, 2.75) is 39.2 Å². The maximum absolute atomic E-state index is 6.02. The van der Waals surface area contributed by atoms with E-state index in [9.17, 15) is 0 Å². The summed E-state index contributed by atoms with van der Waals surface area (Å²) in [7, 11) is 0. The standard InChI is InChI=1S/C16H24ClNO/c1-12(2)5-7-19-8-6-18-16-10-13-3-4-15(17)9-14(13)11-16/h3-4,9,12,16,18H,5-8,10-11H2,1-2H3. The van der Waals surface area contributed by atoms with E-state index < -0.39 is 0 Å². The quantitative estimate of drug-likeness (QED) is 0.773. The third kappa shape index (κ3) is 4.79. The number of fused-ring (bicyclic) bond motifs is 1. The van der Waals surface area contributed by atoms with Gasteiger partial charge in [0.05, 0.1) is 6.61 Å². The van der Waals surface area contributed by atoms with Gasteiger partial charge < -0.3 is 10.1 Å². The van der Waals surface area contributed by atoms with Crippen LogP contribution in [0.5, 0.6) is 0 Å². The Morgan fingerprint density at radius 1 is 1.26 bits per heavy atom. The minimum absolute atomic E-state index is 0.544. The minimum atomic E-state index is 0.544. The molecule has 1 aliphatic rings. The van der Waals surface area contributed by atoms with E-state index in [2.05, 4.69) is 31.3 Å². The van der Waals surface area contributed by atoms with Crippen LogP contribution in [0.15, 0.2) is 18.2 Å². The summed E-state index contributed by atoms with van der Waals surface area (Å²) in [6.07, 6.45) is 3.34. The Bertz CT molecular complexity index is 406. The van der Waals surface area contributed by atoms with Crippen LogP contribution in [0.1, 0.15) is 31.4 Å². The van der Waals surface area contributed by atoms with Gasteiger partial charge in [0, 0.05) is 24.2 Å². The Morgan fingerprint density at radius 3 is 2.84 bits per heavy atom. The van der Waals surface area contributed by atoms with Gasteiger partial charge in [-0.15, -0.1) is 0 Å². The molecule has 1 N–H and O–H groups in total. The first-order chi connectivity index (χ1) is 9.15. The van der Waals surface area contributed by atoms with Gasteiger partial charge in [-0.25, -0.2) is 0 Å². The summed E-state index contributed by atoms with van der Waals surface area (Å²) in [6.45, 7) is 7.07. The van der Waals surface area contributed by atoms with Crippen molar-refractivity contribution in [3.8, 4) is 0 Å². The van der Waals surface area contributed by atoms with Crippen LogP contribution in [0.2, 0.25) is 5.02 Å². The molecule has 0 spiro atoms. The van der Waals surface area contributed by atoms with Gasteiger partial charge in [-0.1, -0.05) is 31.5 Å². The number of benzene rings is 1. The molecule has 0 heterocycles. The second-order valence-corrected chi connectivity index (χ2v) is 6.20. The molecule has 0 saturated carbocycles. The Labute approximate surface area is 121 Å². The van der Waals surface area contributed by atoms with Gasteiger partial charge in [0.25, 0.3) is 0 Å². The van der Waals surface area contributed by atoms with E-state index in [1.165, 1.54) is 11.1 Å². The fourth-order valence-electron chi connectivity index (χ4n) is 2.49. The summed E-state index contributed by atoms with van der Waals surface area (Å²) in [4.78, 5) is 0. The lowest BCUT2D eigenvalue weighted by molar-refractivity contribution is 0.123. The smallest absolute Gasteiger partial charge is 0.0591 e. The van der Waals surface area contributed by atoms with Crippen LogP contribution in [0.25, 0.3) is 0 Å². The van der Waals surface area contributed by atoms with Crippen molar-refractivity contribution in [1.82, 2.24) is 5.32 Å². The van der Waals surface area contributed by atoms with E-state index >= 15 is 0 Å². The zero-order valence-electron chi connectivity index (χ0n) is 11.9. The van der Waals surface area contributed by atoms with Crippen LogP contribution >= 0.6 is 11.6 Å². The van der Waals surface area contributed by atoms with Gasteiger partial charge in [0.1, 0.15) is 0 Å². The Kier molecular flexibility index (Phi) is 5.68. The van der Waals surface area contributed by atoms with Gasteiger partial charge in [-0.2, -0.15) is 0 Å². The van der Waals surface area contributed by atoms with E-state index in [1.54, 1.807) is 0 Å². The molecular formula is C16H24ClNO. The van der Waals surface area contributed by atoms with Crippen molar-refractivity contribution in [1.29, 1.82) is 0 Å². The summed E-state index contributed by atoms with van der Waals surface area (Å²) >= 11 is 6.02. The van der Waals surface area contributed by atoms with E-state index in [1.807, 2.05) is 6.07 Å². The van der Waals surface area contributed by atoms with Crippen LogP contribution in [0.4, 0.5) is 0 Å². The van der Waals surface area contributed by atoms with Crippen LogP contribution in [0, 0.1) is 5.92 Å². The molecule has 1 aromatic carbocycles. The molecule has 0 saturated heterocycles. The van der Waals surface area contributed by atoms with Gasteiger partial charge in [0.15, 0.2) is 0 Å². The zero-order chi connectivity index (χ0) is 13.7. The summed E-state index contributed by atoms with van der Waals surface area (Å²) in [5.41, 5.74) is 2.83. The first-order valence-electron chi connectivity index (χ1n) is 7.23. The van der Waals surface area contributed by atoms with E-state index in [0.717, 1.165) is 50.0 Å². The Balaban J connectivity index is 1.62. The molecule has 1 unspecified atom stereocenters. The van der Waals surface area contributed by atoms with E-state index in [-0.39, 0.29) is 0 Å². The first kappa shape index (κ1) is 14.8. The third-order valence-electron chi connectivity index (χ3n) is 3.62. The molecule has 106 valence electrons. The van der Waals surface area contributed by atoms with Crippen molar-refractivity contribution in [2.24, 2.45) is 5.92 Å². The highest BCUT2D eigenvalue weighted by atomic mass is 35.5. The number of ether oxygens (including phenoxy) is 1. The molecule has 0 radical (unpaired) electrons. The maximum atomic E-state index is 6.02. The maximum Gasteiger partial charge on any atom is 0.0591 e. The average molecular weight is 282 g/mol. The summed E-state index contributed by atoms with van der Waals surface area (Å²) in [6, 6.07) is 6.77. The van der Waals surface area contributed by atoms with Gasteiger partial charge in [0.2, 0.25) is 0 Å². The fraction of sp³-hybridized carbons (Fsp3) is 0.625. The monoisotopic (exact) mass is 281 g/mol. The topological polar surface area (TPSA) is 21.3 Å².